The second kappa shape index (κ2) is 7.90. The zero-order valence-corrected chi connectivity index (χ0v) is 14.0. The first-order valence-electron chi connectivity index (χ1n) is 7.50. The number of nitrogens with one attached hydrogen (secondary N) is 1. The number of carbonyl (C=O) groups is 2. The van der Waals surface area contributed by atoms with Crippen molar-refractivity contribution >= 4 is 17.4 Å². The molecule has 8 heteroatoms. The molecule has 0 aromatic heterocycles. The summed E-state index contributed by atoms with van der Waals surface area (Å²) >= 11 is 0. The van der Waals surface area contributed by atoms with Crippen LogP contribution in [0.3, 0.4) is 0 Å². The topological polar surface area (TPSA) is 64.6 Å². The van der Waals surface area contributed by atoms with Crippen molar-refractivity contribution < 1.29 is 32.2 Å². The van der Waals surface area contributed by atoms with Crippen molar-refractivity contribution in [2.75, 3.05) is 19.0 Å². The molecule has 0 aliphatic rings. The van der Waals surface area contributed by atoms with Crippen molar-refractivity contribution in [1.82, 2.24) is 0 Å². The molecule has 0 spiro atoms. The molecule has 0 saturated carbocycles. The number of amides is 1. The number of methoxy groups -OCH3 is 1. The van der Waals surface area contributed by atoms with Crippen molar-refractivity contribution in [1.29, 1.82) is 0 Å². The van der Waals surface area contributed by atoms with Gasteiger partial charge in [-0.05, 0) is 31.2 Å². The molecule has 0 bridgehead atoms. The molecule has 0 aliphatic carbocycles. The summed E-state index contributed by atoms with van der Waals surface area (Å²) in [5, 5.41) is 2.18. The molecule has 0 atom stereocenters. The minimum Gasteiger partial charge on any atom is -0.496 e. The molecule has 1 N–H and O–H groups in total. The van der Waals surface area contributed by atoms with Crippen molar-refractivity contribution in [3.63, 3.8) is 0 Å². The maximum atomic E-state index is 12.9. The molecule has 0 fully saturated rings. The van der Waals surface area contributed by atoms with E-state index < -0.39 is 24.3 Å². The quantitative estimate of drug-likeness (QED) is 0.786. The highest BCUT2D eigenvalue weighted by Gasteiger charge is 2.33. The van der Waals surface area contributed by atoms with Crippen LogP contribution in [0, 0.1) is 0 Å². The first-order valence-corrected chi connectivity index (χ1v) is 7.50. The van der Waals surface area contributed by atoms with Gasteiger partial charge in [-0.1, -0.05) is 12.1 Å². The third-order valence-corrected chi connectivity index (χ3v) is 3.43. The number of anilines is 1. The Kier molecular flexibility index (Phi) is 5.86. The smallest absolute Gasteiger partial charge is 0.418 e. The number of halogens is 3. The summed E-state index contributed by atoms with van der Waals surface area (Å²) in [6, 6.07) is 9.03. The van der Waals surface area contributed by atoms with E-state index in [0.29, 0.717) is 5.56 Å². The number of alkyl halides is 3. The van der Waals surface area contributed by atoms with Gasteiger partial charge < -0.3 is 14.8 Å². The molecule has 0 saturated heterocycles. The Morgan fingerprint density at radius 1 is 1.12 bits per heavy atom. The van der Waals surface area contributed by atoms with Gasteiger partial charge in [0.15, 0.2) is 12.4 Å². The Bertz CT molecular complexity index is 818. The molecule has 0 unspecified atom stereocenters. The fourth-order valence-corrected chi connectivity index (χ4v) is 2.23. The zero-order chi connectivity index (χ0) is 19.3. The van der Waals surface area contributed by atoms with E-state index in [2.05, 4.69) is 5.32 Å². The van der Waals surface area contributed by atoms with Gasteiger partial charge in [-0.25, -0.2) is 0 Å². The standard InChI is InChI=1S/C18H16F3NO4/c1-11(23)13-8-7-12(9-16(13)25-2)26-10-17(24)22-15-6-4-3-5-14(15)18(19,20)21/h3-9H,10H2,1-2H3,(H,22,24). The largest absolute Gasteiger partial charge is 0.496 e. The number of hydrogen-bond acceptors (Lipinski definition) is 4. The van der Waals surface area contributed by atoms with Crippen LogP contribution in [-0.2, 0) is 11.0 Å². The summed E-state index contributed by atoms with van der Waals surface area (Å²) in [5.74, 6) is -0.435. The average Bonchev–Trinajstić information content (AvgIpc) is 2.59. The highest BCUT2D eigenvalue weighted by molar-refractivity contribution is 5.97. The van der Waals surface area contributed by atoms with Gasteiger partial charge >= 0.3 is 6.18 Å². The predicted molar refractivity (Wildman–Crippen MR) is 88.6 cm³/mol. The summed E-state index contributed by atoms with van der Waals surface area (Å²) in [6.07, 6.45) is -4.58. The minimum atomic E-state index is -4.58. The van der Waals surface area contributed by atoms with Gasteiger partial charge in [0.25, 0.3) is 5.91 Å². The van der Waals surface area contributed by atoms with E-state index in [-0.39, 0.29) is 23.0 Å². The molecule has 26 heavy (non-hydrogen) atoms. The van der Waals surface area contributed by atoms with Gasteiger partial charge in [0.2, 0.25) is 0 Å². The fourth-order valence-electron chi connectivity index (χ4n) is 2.23. The normalized spacial score (nSPS) is 11.0. The summed E-state index contributed by atoms with van der Waals surface area (Å²) in [5.41, 5.74) is -0.942. The van der Waals surface area contributed by atoms with E-state index in [9.17, 15) is 22.8 Å². The molecular formula is C18H16F3NO4. The lowest BCUT2D eigenvalue weighted by molar-refractivity contribution is -0.137. The van der Waals surface area contributed by atoms with Gasteiger partial charge in [-0.15, -0.1) is 0 Å². The number of rotatable bonds is 6. The molecule has 138 valence electrons. The van der Waals surface area contributed by atoms with E-state index in [4.69, 9.17) is 9.47 Å². The summed E-state index contributed by atoms with van der Waals surface area (Å²) in [7, 11) is 1.38. The highest BCUT2D eigenvalue weighted by Crippen LogP contribution is 2.34. The lowest BCUT2D eigenvalue weighted by Gasteiger charge is -2.14. The van der Waals surface area contributed by atoms with E-state index in [0.717, 1.165) is 12.1 Å². The van der Waals surface area contributed by atoms with Crippen LogP contribution in [0.2, 0.25) is 0 Å². The van der Waals surface area contributed by atoms with Gasteiger partial charge in [0.1, 0.15) is 11.5 Å². The first-order chi connectivity index (χ1) is 12.2. The Labute approximate surface area is 147 Å². The number of Topliss-reactive ketones (excluding diaryl/α,β-unsaturated/α-hetero) is 1. The second-order valence-corrected chi connectivity index (χ2v) is 5.30. The summed E-state index contributed by atoms with van der Waals surface area (Å²) in [4.78, 5) is 23.3. The number of para-hydroxylation sites is 1. The van der Waals surface area contributed by atoms with Crippen LogP contribution in [0.1, 0.15) is 22.8 Å². The van der Waals surface area contributed by atoms with E-state index in [1.54, 1.807) is 0 Å². The maximum Gasteiger partial charge on any atom is 0.418 e. The molecule has 0 radical (unpaired) electrons. The molecule has 0 heterocycles. The third kappa shape index (κ3) is 4.75. The Morgan fingerprint density at radius 3 is 2.42 bits per heavy atom. The van der Waals surface area contributed by atoms with Crippen molar-refractivity contribution in [3.8, 4) is 11.5 Å². The predicted octanol–water partition coefficient (Wildman–Crippen LogP) is 3.93. The molecule has 1 amide bonds. The zero-order valence-electron chi connectivity index (χ0n) is 14.0. The van der Waals surface area contributed by atoms with Crippen molar-refractivity contribution in [3.05, 3.63) is 53.6 Å². The molecule has 2 aromatic rings. The summed E-state index contributed by atoms with van der Waals surface area (Å²) < 4.78 is 49.1. The first kappa shape index (κ1) is 19.3. The molecule has 5 nitrogen and oxygen atoms in total. The van der Waals surface area contributed by atoms with Crippen LogP contribution in [0.5, 0.6) is 11.5 Å². The van der Waals surface area contributed by atoms with Gasteiger partial charge in [0, 0.05) is 6.07 Å². The lowest BCUT2D eigenvalue weighted by atomic mass is 10.1. The number of ketones is 1. The van der Waals surface area contributed by atoms with Gasteiger partial charge in [0.05, 0.1) is 23.9 Å². The van der Waals surface area contributed by atoms with Crippen LogP contribution in [0.15, 0.2) is 42.5 Å². The summed E-state index contributed by atoms with van der Waals surface area (Å²) in [6.45, 7) is 0.874. The highest BCUT2D eigenvalue weighted by atomic mass is 19.4. The van der Waals surface area contributed by atoms with Gasteiger partial charge in [-0.2, -0.15) is 13.2 Å². The lowest BCUT2D eigenvalue weighted by Crippen LogP contribution is -2.22. The van der Waals surface area contributed by atoms with Crippen LogP contribution in [-0.4, -0.2) is 25.4 Å². The van der Waals surface area contributed by atoms with Crippen LogP contribution >= 0.6 is 0 Å². The van der Waals surface area contributed by atoms with Crippen LogP contribution in [0.4, 0.5) is 18.9 Å². The molecule has 2 aromatic carbocycles. The Hall–Kier alpha value is -3.03. The van der Waals surface area contributed by atoms with E-state index in [1.165, 1.54) is 44.4 Å². The molecular weight excluding hydrogens is 351 g/mol. The third-order valence-electron chi connectivity index (χ3n) is 3.43. The molecule has 2 rings (SSSR count). The molecule has 0 aliphatic heterocycles. The van der Waals surface area contributed by atoms with Gasteiger partial charge in [-0.3, -0.25) is 9.59 Å². The minimum absolute atomic E-state index is 0.199. The SMILES string of the molecule is COc1cc(OCC(=O)Nc2ccccc2C(F)(F)F)ccc1C(C)=O. The Balaban J connectivity index is 2.05. The number of ether oxygens (including phenoxy) is 2. The number of carbonyl (C=O) groups excluding carboxylic acids is 2. The van der Waals surface area contributed by atoms with Crippen molar-refractivity contribution in [2.45, 2.75) is 13.1 Å². The number of hydrogen-bond donors (Lipinski definition) is 1. The number of benzene rings is 2. The van der Waals surface area contributed by atoms with Crippen LogP contribution in [0.25, 0.3) is 0 Å². The second-order valence-electron chi connectivity index (χ2n) is 5.30. The monoisotopic (exact) mass is 367 g/mol. The van der Waals surface area contributed by atoms with Crippen molar-refractivity contribution in [2.24, 2.45) is 0 Å². The fraction of sp³-hybridized carbons (Fsp3) is 0.222. The van der Waals surface area contributed by atoms with E-state index >= 15 is 0 Å². The van der Waals surface area contributed by atoms with E-state index in [1.807, 2.05) is 0 Å². The van der Waals surface area contributed by atoms with Crippen LogP contribution < -0.4 is 14.8 Å². The Morgan fingerprint density at radius 2 is 1.81 bits per heavy atom. The average molecular weight is 367 g/mol. The maximum absolute atomic E-state index is 12.9.